The number of benzene rings is 2. The number of pyridine rings is 2. The van der Waals surface area contributed by atoms with Gasteiger partial charge in [-0.25, -0.2) is 9.97 Å². The fraction of sp³-hybridized carbons (Fsp3) is 0.260. The van der Waals surface area contributed by atoms with E-state index in [0.717, 1.165) is 18.1 Å². The topological polar surface area (TPSA) is 211 Å². The number of anilines is 2. The number of aliphatic hydroxyl groups excluding tert-OH is 2. The molecule has 2 aliphatic heterocycles. The number of carbonyl (C=O) groups excluding carboxylic acids is 2. The van der Waals surface area contributed by atoms with Gasteiger partial charge >= 0.3 is 0 Å². The molecule has 4 aromatic heterocycles. The summed E-state index contributed by atoms with van der Waals surface area (Å²) in [5.41, 5.74) is 2.27. The van der Waals surface area contributed by atoms with Crippen LogP contribution in [0.2, 0.25) is 0 Å². The molecule has 16 nitrogen and oxygen atoms in total. The predicted molar refractivity (Wildman–Crippen MR) is 285 cm³/mol. The van der Waals surface area contributed by atoms with Gasteiger partial charge in [-0.15, -0.1) is 0 Å². The number of amides is 2. The number of hydrogen-bond donors (Lipinski definition) is 5. The Morgan fingerprint density at radius 2 is 0.957 bits per heavy atom. The number of thiocarbonyl (C=S) groups is 2. The number of hydrogen-bond acceptors (Lipinski definition) is 15. The highest BCUT2D eigenvalue weighted by Crippen LogP contribution is 2.35. The van der Waals surface area contributed by atoms with Crippen LogP contribution in [0, 0.1) is 11.8 Å². The van der Waals surface area contributed by atoms with Crippen LogP contribution in [-0.2, 0) is 14.4 Å². The third-order valence-corrected chi connectivity index (χ3v) is 13.0. The molecule has 2 saturated heterocycles. The van der Waals surface area contributed by atoms with Crippen LogP contribution in [0.4, 0.5) is 11.6 Å². The first-order valence-corrected chi connectivity index (χ1v) is 24.5. The van der Waals surface area contributed by atoms with Gasteiger partial charge in [0.2, 0.25) is 0 Å². The van der Waals surface area contributed by atoms with Crippen LogP contribution in [0.15, 0.2) is 129 Å². The lowest BCUT2D eigenvalue weighted by atomic mass is 10.1. The number of carboxylic acid groups (broad SMARTS) is 1. The zero-order valence-electron chi connectivity index (χ0n) is 38.9. The van der Waals surface area contributed by atoms with E-state index in [0.29, 0.717) is 54.5 Å². The van der Waals surface area contributed by atoms with E-state index in [9.17, 15) is 29.4 Å². The van der Waals surface area contributed by atoms with Gasteiger partial charge in [0, 0.05) is 45.5 Å². The molecule has 0 saturated carbocycles. The average molecular weight is 1020 g/mol. The van der Waals surface area contributed by atoms with Gasteiger partial charge in [0.05, 0.1) is 33.1 Å². The van der Waals surface area contributed by atoms with E-state index < -0.39 is 18.2 Å². The van der Waals surface area contributed by atoms with E-state index in [1.165, 1.54) is 32.3 Å². The van der Waals surface area contributed by atoms with Gasteiger partial charge < -0.3 is 26.0 Å². The van der Waals surface area contributed by atoms with Crippen LogP contribution < -0.4 is 21.8 Å². The molecule has 20 heteroatoms. The molecule has 0 spiro atoms. The fourth-order valence-electron chi connectivity index (χ4n) is 7.02. The Balaban J connectivity index is 0.000000213. The number of thioether (sulfide) groups is 2. The van der Waals surface area contributed by atoms with Crippen LogP contribution in [0.3, 0.4) is 0 Å². The summed E-state index contributed by atoms with van der Waals surface area (Å²) in [6, 6.07) is 29.0. The number of aliphatic hydroxyl groups is 2. The lowest BCUT2D eigenvalue weighted by Gasteiger charge is -2.16. The summed E-state index contributed by atoms with van der Waals surface area (Å²) in [5, 5.41) is 34.7. The zero-order valence-corrected chi connectivity index (χ0v) is 42.1. The Labute approximate surface area is 423 Å². The van der Waals surface area contributed by atoms with Crippen molar-refractivity contribution in [3.05, 3.63) is 162 Å². The van der Waals surface area contributed by atoms with Crippen LogP contribution in [0.5, 0.6) is 0 Å². The smallest absolute Gasteiger partial charge is 0.300 e. The second kappa shape index (κ2) is 24.3. The summed E-state index contributed by atoms with van der Waals surface area (Å²) >= 11 is 13.1. The van der Waals surface area contributed by atoms with E-state index in [-0.39, 0.29) is 59.0 Å². The highest BCUT2D eigenvalue weighted by atomic mass is 32.2. The van der Waals surface area contributed by atoms with E-state index in [1.807, 2.05) is 88.4 Å². The zero-order chi connectivity index (χ0) is 50.6. The maximum absolute atomic E-state index is 13.3. The van der Waals surface area contributed by atoms with Crippen LogP contribution in [0.1, 0.15) is 69.1 Å². The van der Waals surface area contributed by atoms with Crippen molar-refractivity contribution in [1.82, 2.24) is 28.6 Å². The minimum atomic E-state index is -0.833. The maximum Gasteiger partial charge on any atom is 0.300 e. The summed E-state index contributed by atoms with van der Waals surface area (Å²) in [5.74, 6) is -0.142. The number of nitrogens with zero attached hydrogens (tertiary/aromatic N) is 6. The van der Waals surface area contributed by atoms with E-state index in [2.05, 4.69) is 20.6 Å². The molecular formula is C50H52N8O8S4. The van der Waals surface area contributed by atoms with Gasteiger partial charge in [0.1, 0.15) is 31.6 Å². The molecule has 2 unspecified atom stereocenters. The van der Waals surface area contributed by atoms with Crippen molar-refractivity contribution in [3.8, 4) is 0 Å². The standard InChI is InChI=1S/2C24H24N4O3S2.C2H4O2/c2*1-15(2)14-28-23(31)19(33-24(28)32)12-17-21(25-13-18(29)16-8-4-3-5-9-16)26-20-10-6-7-11-27(20)22(17)30;1-2(3)4/h2*3-12,15,18,25,29H,13-14H2,1-2H3;1H3,(H,3,4)/b2*19-12-;. The number of rotatable bonds is 14. The summed E-state index contributed by atoms with van der Waals surface area (Å²) in [6.45, 7) is 10.5. The minimum absolute atomic E-state index is 0.147. The normalized spacial score (nSPS) is 15.7. The van der Waals surface area contributed by atoms with Gasteiger partial charge in [0.25, 0.3) is 28.9 Å². The first-order chi connectivity index (χ1) is 33.4. The molecule has 6 aromatic rings. The summed E-state index contributed by atoms with van der Waals surface area (Å²) in [7, 11) is 0. The predicted octanol–water partition coefficient (Wildman–Crippen LogP) is 7.49. The molecule has 2 aliphatic rings. The molecule has 2 fully saturated rings. The molecule has 5 N–H and O–H groups in total. The molecule has 6 heterocycles. The lowest BCUT2D eigenvalue weighted by molar-refractivity contribution is -0.134. The Hall–Kier alpha value is -6.55. The molecule has 8 rings (SSSR count). The van der Waals surface area contributed by atoms with E-state index in [1.54, 1.807) is 70.7 Å². The largest absolute Gasteiger partial charge is 0.481 e. The van der Waals surface area contributed by atoms with Crippen molar-refractivity contribution >= 4 is 109 Å². The number of aromatic nitrogens is 4. The number of carbonyl (C=O) groups is 3. The van der Waals surface area contributed by atoms with Crippen LogP contribution in [-0.4, -0.2) is 96.5 Å². The van der Waals surface area contributed by atoms with Crippen LogP contribution in [0.25, 0.3) is 23.4 Å². The molecule has 364 valence electrons. The summed E-state index contributed by atoms with van der Waals surface area (Å²) in [4.78, 5) is 74.6. The average Bonchev–Trinajstić information content (AvgIpc) is 3.75. The Bertz CT molecular complexity index is 2890. The fourth-order valence-corrected chi connectivity index (χ4v) is 9.53. The number of nitrogens with one attached hydrogen (secondary N) is 2. The van der Waals surface area contributed by atoms with E-state index >= 15 is 0 Å². The van der Waals surface area contributed by atoms with Crippen molar-refractivity contribution in [2.24, 2.45) is 11.8 Å². The molecule has 2 amide bonds. The highest BCUT2D eigenvalue weighted by molar-refractivity contribution is 8.27. The van der Waals surface area contributed by atoms with E-state index in [4.69, 9.17) is 34.3 Å². The first kappa shape index (κ1) is 52.8. The SMILES string of the molecule is CC(=O)O.CC(C)CN1C(=O)/C(=C/c2c(NCC(O)c3ccccc3)nc3ccccn3c2=O)SC1=S.CC(C)CN1C(=O)/C(=C/c2c(NCC(O)c3ccccc3)nc3ccccn3c2=O)SC1=S. The van der Waals surface area contributed by atoms with Crippen molar-refractivity contribution < 1.29 is 29.7 Å². The van der Waals surface area contributed by atoms with Gasteiger partial charge in [-0.05, 0) is 59.4 Å². The molecule has 0 bridgehead atoms. The quantitative estimate of drug-likeness (QED) is 0.0529. The monoisotopic (exact) mass is 1020 g/mol. The minimum Gasteiger partial charge on any atom is -0.481 e. The molecular weight excluding hydrogens is 969 g/mol. The highest BCUT2D eigenvalue weighted by Gasteiger charge is 2.34. The lowest BCUT2D eigenvalue weighted by Crippen LogP contribution is -2.31. The van der Waals surface area contributed by atoms with Gasteiger partial charge in [0.15, 0.2) is 0 Å². The molecule has 0 aliphatic carbocycles. The van der Waals surface area contributed by atoms with Crippen molar-refractivity contribution in [2.45, 2.75) is 46.8 Å². The molecule has 2 aromatic carbocycles. The summed E-state index contributed by atoms with van der Waals surface area (Å²) < 4.78 is 3.81. The van der Waals surface area contributed by atoms with Crippen molar-refractivity contribution in [2.75, 3.05) is 36.8 Å². The Morgan fingerprint density at radius 3 is 1.30 bits per heavy atom. The van der Waals surface area contributed by atoms with Gasteiger partial charge in [-0.3, -0.25) is 42.6 Å². The molecule has 2 atom stereocenters. The van der Waals surface area contributed by atoms with Crippen LogP contribution >= 0.6 is 48.0 Å². The first-order valence-electron chi connectivity index (χ1n) is 22.1. The number of aliphatic carboxylic acids is 1. The second-order valence-corrected chi connectivity index (χ2v) is 20.1. The van der Waals surface area contributed by atoms with Crippen molar-refractivity contribution in [1.29, 1.82) is 0 Å². The molecule has 70 heavy (non-hydrogen) atoms. The third-order valence-electron chi connectivity index (χ3n) is 10.2. The second-order valence-electron chi connectivity index (χ2n) is 16.7. The number of carboxylic acids is 1. The Morgan fingerprint density at radius 1 is 0.614 bits per heavy atom. The van der Waals surface area contributed by atoms with Gasteiger partial charge in [-0.1, -0.05) is 148 Å². The van der Waals surface area contributed by atoms with Gasteiger partial charge in [-0.2, -0.15) is 0 Å². The third kappa shape index (κ3) is 13.4. The molecule has 0 radical (unpaired) electrons. The Kier molecular flexibility index (Phi) is 18.4. The van der Waals surface area contributed by atoms with Crippen molar-refractivity contribution in [3.63, 3.8) is 0 Å². The number of fused-ring (bicyclic) bond motifs is 2. The summed E-state index contributed by atoms with van der Waals surface area (Å²) in [6.07, 6.45) is 4.78. The maximum atomic E-state index is 13.3.